The Kier molecular flexibility index (Phi) is 4.42. The fourth-order valence-corrected chi connectivity index (χ4v) is 2.21. The molecule has 17 heavy (non-hydrogen) atoms. The van der Waals surface area contributed by atoms with Crippen LogP contribution in [0.4, 0.5) is 0 Å². The van der Waals surface area contributed by atoms with Crippen LogP contribution in [0.5, 0.6) is 0 Å². The molecule has 1 aromatic rings. The molecule has 1 atom stereocenters. The highest BCUT2D eigenvalue weighted by atomic mass is 31.2. The van der Waals surface area contributed by atoms with Gasteiger partial charge in [-0.15, -0.1) is 0 Å². The lowest BCUT2D eigenvalue weighted by atomic mass is 10.0. The SMILES string of the molecule is N[C@H](Cc1ccccc1CP(=O)(O)O)C(=O)O. The molecule has 0 spiro atoms. The van der Waals surface area contributed by atoms with Crippen LogP contribution >= 0.6 is 7.60 Å². The van der Waals surface area contributed by atoms with Crippen molar-refractivity contribution in [3.8, 4) is 0 Å². The van der Waals surface area contributed by atoms with Crippen molar-refractivity contribution in [1.29, 1.82) is 0 Å². The summed E-state index contributed by atoms with van der Waals surface area (Å²) >= 11 is 0. The van der Waals surface area contributed by atoms with Crippen molar-refractivity contribution in [2.45, 2.75) is 18.6 Å². The second-order valence-electron chi connectivity index (χ2n) is 3.74. The quantitative estimate of drug-likeness (QED) is 0.565. The largest absolute Gasteiger partial charge is 0.480 e. The van der Waals surface area contributed by atoms with Crippen molar-refractivity contribution in [1.82, 2.24) is 0 Å². The summed E-state index contributed by atoms with van der Waals surface area (Å²) in [7, 11) is -4.17. The molecule has 0 unspecified atom stereocenters. The Morgan fingerprint density at radius 1 is 1.29 bits per heavy atom. The Morgan fingerprint density at radius 2 is 1.82 bits per heavy atom. The first-order chi connectivity index (χ1) is 7.79. The lowest BCUT2D eigenvalue weighted by Gasteiger charge is -2.12. The summed E-state index contributed by atoms with van der Waals surface area (Å²) in [6.45, 7) is 0. The van der Waals surface area contributed by atoms with Crippen molar-refractivity contribution in [3.63, 3.8) is 0 Å². The minimum Gasteiger partial charge on any atom is -0.480 e. The van der Waals surface area contributed by atoms with Crippen LogP contribution in [-0.2, 0) is 21.9 Å². The third-order valence-electron chi connectivity index (χ3n) is 2.25. The first-order valence-corrected chi connectivity index (χ1v) is 6.69. The predicted molar refractivity (Wildman–Crippen MR) is 61.5 cm³/mol. The molecule has 0 aliphatic rings. The van der Waals surface area contributed by atoms with E-state index < -0.39 is 25.8 Å². The first kappa shape index (κ1) is 13.9. The minimum absolute atomic E-state index is 0.0471. The number of benzene rings is 1. The van der Waals surface area contributed by atoms with Crippen molar-refractivity contribution < 1.29 is 24.3 Å². The number of nitrogens with two attached hydrogens (primary N) is 1. The normalized spacial score (nSPS) is 13.4. The Balaban J connectivity index is 2.92. The molecule has 0 aromatic heterocycles. The highest BCUT2D eigenvalue weighted by Crippen LogP contribution is 2.39. The van der Waals surface area contributed by atoms with Crippen LogP contribution in [-0.4, -0.2) is 26.9 Å². The molecule has 1 rings (SSSR count). The lowest BCUT2D eigenvalue weighted by Crippen LogP contribution is -2.32. The molecule has 0 aliphatic heterocycles. The second-order valence-corrected chi connectivity index (χ2v) is 5.39. The number of hydrogen-bond donors (Lipinski definition) is 4. The third kappa shape index (κ3) is 4.66. The summed E-state index contributed by atoms with van der Waals surface area (Å²) in [4.78, 5) is 28.4. The van der Waals surface area contributed by atoms with E-state index in [1.54, 1.807) is 24.3 Å². The second kappa shape index (κ2) is 5.42. The van der Waals surface area contributed by atoms with E-state index in [2.05, 4.69) is 0 Å². The Morgan fingerprint density at radius 3 is 2.29 bits per heavy atom. The zero-order valence-electron chi connectivity index (χ0n) is 8.98. The van der Waals surface area contributed by atoms with Gasteiger partial charge in [-0.05, 0) is 17.5 Å². The average molecular weight is 259 g/mol. The standard InChI is InChI=1S/C10H14NO5P/c11-9(10(12)13)5-7-3-1-2-4-8(7)6-17(14,15)16/h1-4,9H,5-6,11H2,(H,12,13)(H2,14,15,16)/t9-/m1/s1. The number of carboxylic acids is 1. The molecule has 0 amide bonds. The van der Waals surface area contributed by atoms with E-state index in [1.165, 1.54) is 0 Å². The molecule has 0 fully saturated rings. The number of rotatable bonds is 5. The fraction of sp³-hybridized carbons (Fsp3) is 0.300. The van der Waals surface area contributed by atoms with Gasteiger partial charge in [0.1, 0.15) is 6.04 Å². The molecule has 5 N–H and O–H groups in total. The maximum absolute atomic E-state index is 10.9. The minimum atomic E-state index is -4.17. The Labute approximate surface area is 98.2 Å². The molecule has 0 radical (unpaired) electrons. The average Bonchev–Trinajstić information content (AvgIpc) is 2.18. The molecule has 0 aliphatic carbocycles. The van der Waals surface area contributed by atoms with E-state index in [4.69, 9.17) is 20.6 Å². The van der Waals surface area contributed by atoms with Crippen molar-refractivity contribution in [3.05, 3.63) is 35.4 Å². The molecule has 0 saturated heterocycles. The van der Waals surface area contributed by atoms with Gasteiger partial charge in [0.05, 0.1) is 6.16 Å². The van der Waals surface area contributed by atoms with Gasteiger partial charge in [-0.3, -0.25) is 9.36 Å². The smallest absolute Gasteiger partial charge is 0.329 e. The Bertz CT molecular complexity index is 456. The van der Waals surface area contributed by atoms with Gasteiger partial charge in [0.2, 0.25) is 0 Å². The van der Waals surface area contributed by atoms with Gasteiger partial charge in [0.25, 0.3) is 0 Å². The zero-order chi connectivity index (χ0) is 13.1. The zero-order valence-corrected chi connectivity index (χ0v) is 9.88. The molecule has 6 nitrogen and oxygen atoms in total. The number of hydrogen-bond acceptors (Lipinski definition) is 3. The van der Waals surface area contributed by atoms with Crippen LogP contribution in [0.2, 0.25) is 0 Å². The Hall–Kier alpha value is -1.20. The van der Waals surface area contributed by atoms with Gasteiger partial charge >= 0.3 is 13.6 Å². The van der Waals surface area contributed by atoms with E-state index in [0.717, 1.165) is 0 Å². The van der Waals surface area contributed by atoms with E-state index >= 15 is 0 Å². The van der Waals surface area contributed by atoms with Gasteiger partial charge in [-0.1, -0.05) is 24.3 Å². The summed E-state index contributed by atoms with van der Waals surface area (Å²) in [5.74, 6) is -1.14. The monoisotopic (exact) mass is 259 g/mol. The molecule has 94 valence electrons. The van der Waals surface area contributed by atoms with Gasteiger partial charge in [-0.2, -0.15) is 0 Å². The van der Waals surface area contributed by atoms with E-state index in [9.17, 15) is 9.36 Å². The lowest BCUT2D eigenvalue weighted by molar-refractivity contribution is -0.138. The summed E-state index contributed by atoms with van der Waals surface area (Å²) in [6.07, 6.45) is -0.360. The van der Waals surface area contributed by atoms with Crippen LogP contribution in [0.1, 0.15) is 11.1 Å². The van der Waals surface area contributed by atoms with E-state index in [0.29, 0.717) is 11.1 Å². The van der Waals surface area contributed by atoms with Crippen molar-refractivity contribution in [2.24, 2.45) is 5.73 Å². The van der Waals surface area contributed by atoms with Crippen LogP contribution in [0, 0.1) is 0 Å². The molecular formula is C10H14NO5P. The predicted octanol–water partition coefficient (Wildman–Crippen LogP) is 0.319. The first-order valence-electron chi connectivity index (χ1n) is 4.89. The maximum Gasteiger partial charge on any atom is 0.329 e. The summed E-state index contributed by atoms with van der Waals surface area (Å²) < 4.78 is 10.9. The van der Waals surface area contributed by atoms with Crippen molar-refractivity contribution >= 4 is 13.6 Å². The van der Waals surface area contributed by atoms with Crippen LogP contribution in [0.15, 0.2) is 24.3 Å². The molecule has 0 heterocycles. The summed E-state index contributed by atoms with van der Waals surface area (Å²) in [5.41, 5.74) is 6.36. The van der Waals surface area contributed by atoms with E-state index in [-0.39, 0.29) is 6.42 Å². The van der Waals surface area contributed by atoms with Crippen molar-refractivity contribution in [2.75, 3.05) is 0 Å². The third-order valence-corrected chi connectivity index (χ3v) is 3.00. The van der Waals surface area contributed by atoms with Crippen LogP contribution in [0.25, 0.3) is 0 Å². The van der Waals surface area contributed by atoms with Crippen LogP contribution in [0.3, 0.4) is 0 Å². The number of carboxylic acid groups (broad SMARTS) is 1. The molecular weight excluding hydrogens is 245 g/mol. The summed E-state index contributed by atoms with van der Waals surface area (Å²) in [6, 6.07) is 5.41. The highest BCUT2D eigenvalue weighted by Gasteiger charge is 2.19. The van der Waals surface area contributed by atoms with Gasteiger partial charge < -0.3 is 20.6 Å². The van der Waals surface area contributed by atoms with E-state index in [1.807, 2.05) is 0 Å². The van der Waals surface area contributed by atoms with Gasteiger partial charge in [0.15, 0.2) is 0 Å². The van der Waals surface area contributed by atoms with Gasteiger partial charge in [-0.25, -0.2) is 0 Å². The molecule has 0 bridgehead atoms. The highest BCUT2D eigenvalue weighted by molar-refractivity contribution is 7.50. The number of carbonyl (C=O) groups is 1. The molecule has 1 aromatic carbocycles. The number of aliphatic carboxylic acids is 1. The van der Waals surface area contributed by atoms with Crippen LogP contribution < -0.4 is 5.73 Å². The molecule has 0 saturated carbocycles. The fourth-order valence-electron chi connectivity index (χ4n) is 1.46. The maximum atomic E-state index is 10.9. The molecule has 7 heteroatoms. The topological polar surface area (TPSA) is 121 Å². The van der Waals surface area contributed by atoms with Gasteiger partial charge in [0, 0.05) is 0 Å². The summed E-state index contributed by atoms with van der Waals surface area (Å²) in [5, 5.41) is 8.69.